The van der Waals surface area contributed by atoms with Gasteiger partial charge in [0.2, 0.25) is 5.72 Å². The minimum atomic E-state index is -0.836. The van der Waals surface area contributed by atoms with Crippen LogP contribution in [0.1, 0.15) is 44.9 Å². The first kappa shape index (κ1) is 15.7. The summed E-state index contributed by atoms with van der Waals surface area (Å²) in [6.45, 7) is 1.88. The summed E-state index contributed by atoms with van der Waals surface area (Å²) < 4.78 is 5.67. The Balaban J connectivity index is 0.00000162. The van der Waals surface area contributed by atoms with Gasteiger partial charge in [-0.1, -0.05) is 19.3 Å². The maximum absolute atomic E-state index is 12.0. The Morgan fingerprint density at radius 1 is 1.17 bits per heavy atom. The third-order valence-corrected chi connectivity index (χ3v) is 4.40. The van der Waals surface area contributed by atoms with Gasteiger partial charge in [0, 0.05) is 26.1 Å². The first-order chi connectivity index (χ1) is 8.21. The van der Waals surface area contributed by atoms with Gasteiger partial charge < -0.3 is 10.5 Å². The molecule has 5 heteroatoms. The third kappa shape index (κ3) is 2.65. The molecule has 0 aromatic rings. The van der Waals surface area contributed by atoms with Crippen LogP contribution in [0.15, 0.2) is 0 Å². The van der Waals surface area contributed by atoms with Crippen LogP contribution < -0.4 is 5.73 Å². The predicted octanol–water partition coefficient (Wildman–Crippen LogP) is 1.91. The van der Waals surface area contributed by atoms with E-state index in [4.69, 9.17) is 10.5 Å². The zero-order chi connectivity index (χ0) is 12.3. The number of rotatable bonds is 4. The molecule has 1 aliphatic carbocycles. The number of hydrogen-bond donors (Lipinski definition) is 1. The number of halogens is 1. The number of carbonyl (C=O) groups is 1. The number of hydrogen-bond acceptors (Lipinski definition) is 3. The number of amides is 1. The molecule has 2 N–H and O–H groups in total. The first-order valence-electron chi connectivity index (χ1n) is 6.82. The highest BCUT2D eigenvalue weighted by atomic mass is 35.5. The van der Waals surface area contributed by atoms with Gasteiger partial charge in [0.25, 0.3) is 5.91 Å². The molecule has 1 saturated heterocycles. The monoisotopic (exact) mass is 276 g/mol. The standard InChI is InChI=1S/C13H24N2O2.ClH/c1-17-13(12(14)16,11-7-3-4-8-11)15-9-5-2-6-10-15;/h11H,2-10H2,1H3,(H2,14,16);1H. The summed E-state index contributed by atoms with van der Waals surface area (Å²) in [5.41, 5.74) is 4.85. The Hall–Kier alpha value is -0.320. The van der Waals surface area contributed by atoms with E-state index < -0.39 is 5.72 Å². The minimum Gasteiger partial charge on any atom is -0.366 e. The molecule has 2 fully saturated rings. The molecular weight excluding hydrogens is 252 g/mol. The molecule has 2 rings (SSSR count). The molecule has 1 saturated carbocycles. The third-order valence-electron chi connectivity index (χ3n) is 4.40. The molecule has 0 bridgehead atoms. The number of nitrogens with zero attached hydrogens (tertiary/aromatic N) is 1. The number of carbonyl (C=O) groups excluding carboxylic acids is 1. The average Bonchev–Trinajstić information content (AvgIpc) is 2.86. The van der Waals surface area contributed by atoms with Gasteiger partial charge in [-0.2, -0.15) is 0 Å². The summed E-state index contributed by atoms with van der Waals surface area (Å²) in [7, 11) is 1.64. The van der Waals surface area contributed by atoms with Gasteiger partial charge in [0.1, 0.15) is 0 Å². The van der Waals surface area contributed by atoms with E-state index in [9.17, 15) is 4.79 Å². The molecule has 4 nitrogen and oxygen atoms in total. The molecule has 0 spiro atoms. The van der Waals surface area contributed by atoms with Crippen molar-refractivity contribution in [3.05, 3.63) is 0 Å². The zero-order valence-corrected chi connectivity index (χ0v) is 12.0. The van der Waals surface area contributed by atoms with E-state index in [1.165, 1.54) is 19.3 Å². The van der Waals surface area contributed by atoms with Gasteiger partial charge in [0.05, 0.1) is 0 Å². The lowest BCUT2D eigenvalue weighted by atomic mass is 9.89. The maximum Gasteiger partial charge on any atom is 0.265 e. The molecule has 1 atom stereocenters. The fourth-order valence-corrected chi connectivity index (χ4v) is 3.55. The summed E-state index contributed by atoms with van der Waals surface area (Å²) in [4.78, 5) is 14.2. The van der Waals surface area contributed by atoms with Crippen molar-refractivity contribution in [2.45, 2.75) is 50.7 Å². The van der Waals surface area contributed by atoms with Crippen LogP contribution in [-0.2, 0) is 9.53 Å². The van der Waals surface area contributed by atoms with E-state index in [0.717, 1.165) is 38.8 Å². The van der Waals surface area contributed by atoms with Gasteiger partial charge in [0.15, 0.2) is 0 Å². The Bertz CT molecular complexity index is 276. The SMILES string of the molecule is COC(C(N)=O)(C1CCCC1)N1CCCCC1.Cl. The lowest BCUT2D eigenvalue weighted by Crippen LogP contribution is -2.63. The first-order valence-corrected chi connectivity index (χ1v) is 6.82. The second-order valence-electron chi connectivity index (χ2n) is 5.29. The van der Waals surface area contributed by atoms with Crippen LogP contribution in [0.25, 0.3) is 0 Å². The molecule has 1 unspecified atom stereocenters. The van der Waals surface area contributed by atoms with Crippen LogP contribution in [0, 0.1) is 5.92 Å². The predicted molar refractivity (Wildman–Crippen MR) is 73.6 cm³/mol. The van der Waals surface area contributed by atoms with E-state index in [1.54, 1.807) is 7.11 Å². The molecule has 0 aromatic carbocycles. The second kappa shape index (κ2) is 6.73. The van der Waals surface area contributed by atoms with E-state index in [-0.39, 0.29) is 24.2 Å². The number of piperidine rings is 1. The summed E-state index contributed by atoms with van der Waals surface area (Å²) in [5.74, 6) is -0.0168. The van der Waals surface area contributed by atoms with Crippen molar-refractivity contribution in [3.8, 4) is 0 Å². The molecule has 0 aromatic heterocycles. The van der Waals surface area contributed by atoms with Gasteiger partial charge in [-0.3, -0.25) is 9.69 Å². The number of ether oxygens (including phenoxy) is 1. The van der Waals surface area contributed by atoms with Crippen LogP contribution in [0.3, 0.4) is 0 Å². The summed E-state index contributed by atoms with van der Waals surface area (Å²) in [6.07, 6.45) is 8.05. The van der Waals surface area contributed by atoms with Gasteiger partial charge in [-0.05, 0) is 25.7 Å². The topological polar surface area (TPSA) is 55.6 Å². The zero-order valence-electron chi connectivity index (χ0n) is 11.2. The minimum absolute atomic E-state index is 0. The normalized spacial score (nSPS) is 25.4. The van der Waals surface area contributed by atoms with Crippen LogP contribution in [0.4, 0.5) is 0 Å². The van der Waals surface area contributed by atoms with E-state index in [0.29, 0.717) is 0 Å². The van der Waals surface area contributed by atoms with Crippen LogP contribution >= 0.6 is 12.4 Å². The Kier molecular flexibility index (Phi) is 5.89. The maximum atomic E-state index is 12.0. The van der Waals surface area contributed by atoms with Crippen molar-refractivity contribution in [2.24, 2.45) is 11.7 Å². The number of nitrogens with two attached hydrogens (primary N) is 1. The highest BCUT2D eigenvalue weighted by molar-refractivity contribution is 5.85. The van der Waals surface area contributed by atoms with Crippen molar-refractivity contribution >= 4 is 18.3 Å². The molecule has 2 aliphatic rings. The van der Waals surface area contributed by atoms with E-state index >= 15 is 0 Å². The lowest BCUT2D eigenvalue weighted by molar-refractivity contribution is -0.189. The van der Waals surface area contributed by atoms with Gasteiger partial charge >= 0.3 is 0 Å². The van der Waals surface area contributed by atoms with Crippen molar-refractivity contribution in [3.63, 3.8) is 0 Å². The fraction of sp³-hybridized carbons (Fsp3) is 0.923. The quantitative estimate of drug-likeness (QED) is 0.853. The largest absolute Gasteiger partial charge is 0.366 e. The average molecular weight is 277 g/mol. The van der Waals surface area contributed by atoms with Crippen molar-refractivity contribution < 1.29 is 9.53 Å². The lowest BCUT2D eigenvalue weighted by Gasteiger charge is -2.45. The Morgan fingerprint density at radius 3 is 2.17 bits per heavy atom. The molecule has 1 amide bonds. The van der Waals surface area contributed by atoms with Gasteiger partial charge in [-0.15, -0.1) is 12.4 Å². The molecule has 0 radical (unpaired) electrons. The number of methoxy groups -OCH3 is 1. The van der Waals surface area contributed by atoms with Crippen molar-refractivity contribution in [1.82, 2.24) is 4.90 Å². The molecule has 18 heavy (non-hydrogen) atoms. The molecule has 1 heterocycles. The smallest absolute Gasteiger partial charge is 0.265 e. The van der Waals surface area contributed by atoms with Gasteiger partial charge in [-0.25, -0.2) is 0 Å². The van der Waals surface area contributed by atoms with Crippen LogP contribution in [0.5, 0.6) is 0 Å². The fourth-order valence-electron chi connectivity index (χ4n) is 3.55. The molecule has 1 aliphatic heterocycles. The number of primary amides is 1. The Morgan fingerprint density at radius 2 is 1.72 bits per heavy atom. The summed E-state index contributed by atoms with van der Waals surface area (Å²) in [6, 6.07) is 0. The summed E-state index contributed by atoms with van der Waals surface area (Å²) in [5, 5.41) is 0. The van der Waals surface area contributed by atoms with Crippen LogP contribution in [0.2, 0.25) is 0 Å². The highest BCUT2D eigenvalue weighted by Gasteiger charge is 2.50. The molecular formula is C13H25ClN2O2. The van der Waals surface area contributed by atoms with E-state index in [1.807, 2.05) is 0 Å². The highest BCUT2D eigenvalue weighted by Crippen LogP contribution is 2.39. The van der Waals surface area contributed by atoms with Crippen molar-refractivity contribution in [1.29, 1.82) is 0 Å². The molecule has 106 valence electrons. The second-order valence-corrected chi connectivity index (χ2v) is 5.29. The number of likely N-dealkylation sites (tertiary alicyclic amines) is 1. The van der Waals surface area contributed by atoms with Crippen molar-refractivity contribution in [2.75, 3.05) is 20.2 Å². The Labute approximate surface area is 116 Å². The summed E-state index contributed by atoms with van der Waals surface area (Å²) >= 11 is 0. The van der Waals surface area contributed by atoms with Crippen LogP contribution in [-0.4, -0.2) is 36.7 Å². The van der Waals surface area contributed by atoms with E-state index in [2.05, 4.69) is 4.90 Å².